The minimum atomic E-state index is -0.840. The third kappa shape index (κ3) is 5.43. The van der Waals surface area contributed by atoms with Gasteiger partial charge in [-0.25, -0.2) is 4.39 Å². The molecular weight excluding hydrogens is 479 g/mol. The van der Waals surface area contributed by atoms with E-state index in [-0.39, 0.29) is 28.2 Å². The van der Waals surface area contributed by atoms with E-state index < -0.39 is 23.4 Å². The van der Waals surface area contributed by atoms with E-state index in [9.17, 15) is 18.8 Å². The van der Waals surface area contributed by atoms with E-state index in [2.05, 4.69) is 20.6 Å². The number of carbonyl (C=O) groups is 3. The van der Waals surface area contributed by atoms with Gasteiger partial charge in [-0.3, -0.25) is 24.4 Å². The fourth-order valence-corrected chi connectivity index (χ4v) is 3.49. The van der Waals surface area contributed by atoms with Crippen molar-refractivity contribution in [1.82, 2.24) is 9.97 Å². The number of ether oxygens (including phenoxy) is 2. The molecule has 0 aliphatic carbocycles. The lowest BCUT2D eigenvalue weighted by molar-refractivity contribution is 0.101. The number of hydrogen-bond acceptors (Lipinski definition) is 7. The number of anilines is 2. The van der Waals surface area contributed by atoms with Crippen LogP contribution >= 0.6 is 0 Å². The van der Waals surface area contributed by atoms with Gasteiger partial charge in [-0.15, -0.1) is 0 Å². The molecule has 2 amide bonds. The highest BCUT2D eigenvalue weighted by molar-refractivity contribution is 6.13. The molecule has 0 bridgehead atoms. The summed E-state index contributed by atoms with van der Waals surface area (Å²) >= 11 is 0. The standard InChI is InChI=1S/C27H21FN4O5/c1-36-21-7-8-22(37-2)24(28)23(21)25(33)16-3-5-17(6-4-16)26(34)31-19-11-14-30-15-20(19)32-27(35)18-9-12-29-13-10-18/h3-15H,1-2H3,(H,32,35)(H,30,31,34). The van der Waals surface area contributed by atoms with Gasteiger partial charge in [0.2, 0.25) is 0 Å². The topological polar surface area (TPSA) is 120 Å². The second-order valence-corrected chi connectivity index (χ2v) is 7.63. The maximum Gasteiger partial charge on any atom is 0.255 e. The number of nitrogens with zero attached hydrogens (tertiary/aromatic N) is 2. The van der Waals surface area contributed by atoms with E-state index in [0.29, 0.717) is 16.9 Å². The third-order valence-corrected chi connectivity index (χ3v) is 5.40. The zero-order valence-corrected chi connectivity index (χ0v) is 19.8. The summed E-state index contributed by atoms with van der Waals surface area (Å²) in [6, 6.07) is 13.1. The predicted octanol–water partition coefficient (Wildman–Crippen LogP) is 4.37. The Morgan fingerprint density at radius 3 is 1.86 bits per heavy atom. The molecule has 2 aromatic carbocycles. The van der Waals surface area contributed by atoms with Gasteiger partial charge >= 0.3 is 0 Å². The lowest BCUT2D eigenvalue weighted by Gasteiger charge is -2.13. The molecule has 10 heteroatoms. The highest BCUT2D eigenvalue weighted by Crippen LogP contribution is 2.31. The van der Waals surface area contributed by atoms with Crippen molar-refractivity contribution in [3.05, 3.63) is 107 Å². The molecule has 0 aliphatic rings. The molecule has 0 saturated heterocycles. The van der Waals surface area contributed by atoms with E-state index in [4.69, 9.17) is 9.47 Å². The van der Waals surface area contributed by atoms with E-state index in [1.54, 1.807) is 12.1 Å². The smallest absolute Gasteiger partial charge is 0.255 e. The van der Waals surface area contributed by atoms with Gasteiger partial charge in [0.05, 0.1) is 31.8 Å². The largest absolute Gasteiger partial charge is 0.496 e. The molecule has 0 radical (unpaired) electrons. The Kier molecular flexibility index (Phi) is 7.48. The number of pyridine rings is 2. The monoisotopic (exact) mass is 500 g/mol. The molecule has 2 aromatic heterocycles. The lowest BCUT2D eigenvalue weighted by atomic mass is 10.00. The van der Waals surface area contributed by atoms with Crippen LogP contribution in [0.5, 0.6) is 11.5 Å². The highest BCUT2D eigenvalue weighted by Gasteiger charge is 2.23. The SMILES string of the molecule is COc1ccc(OC)c(C(=O)c2ccc(C(=O)Nc3ccncc3NC(=O)c3ccncc3)cc2)c1F. The summed E-state index contributed by atoms with van der Waals surface area (Å²) in [5.74, 6) is -2.39. The first-order chi connectivity index (χ1) is 17.9. The van der Waals surface area contributed by atoms with Gasteiger partial charge < -0.3 is 20.1 Å². The fraction of sp³-hybridized carbons (Fsp3) is 0.0741. The van der Waals surface area contributed by atoms with Gasteiger partial charge in [-0.05, 0) is 42.5 Å². The molecule has 0 atom stereocenters. The van der Waals surface area contributed by atoms with Crippen LogP contribution in [0.1, 0.15) is 36.6 Å². The van der Waals surface area contributed by atoms with Crippen LogP contribution in [-0.2, 0) is 0 Å². The first kappa shape index (κ1) is 25.0. The lowest BCUT2D eigenvalue weighted by Crippen LogP contribution is -2.17. The molecule has 2 N–H and O–H groups in total. The summed E-state index contributed by atoms with van der Waals surface area (Å²) in [6.45, 7) is 0. The Morgan fingerprint density at radius 1 is 0.676 bits per heavy atom. The molecular formula is C27H21FN4O5. The maximum atomic E-state index is 14.8. The normalized spacial score (nSPS) is 10.4. The van der Waals surface area contributed by atoms with Crippen LogP contribution in [0.25, 0.3) is 0 Å². The Labute approximate surface area is 211 Å². The van der Waals surface area contributed by atoms with Crippen molar-refractivity contribution >= 4 is 29.0 Å². The number of carbonyl (C=O) groups excluding carboxylic acids is 3. The molecule has 0 saturated carbocycles. The first-order valence-corrected chi connectivity index (χ1v) is 10.9. The van der Waals surface area contributed by atoms with Crippen LogP contribution in [-0.4, -0.2) is 41.8 Å². The summed E-state index contributed by atoms with van der Waals surface area (Å²) in [5, 5.41) is 5.42. The highest BCUT2D eigenvalue weighted by atomic mass is 19.1. The third-order valence-electron chi connectivity index (χ3n) is 5.40. The average molecular weight is 500 g/mol. The molecule has 0 spiro atoms. The second kappa shape index (κ2) is 11.1. The number of rotatable bonds is 8. The van der Waals surface area contributed by atoms with Crippen LogP contribution in [0.15, 0.2) is 79.4 Å². The molecule has 186 valence electrons. The number of nitrogens with one attached hydrogen (secondary N) is 2. The molecule has 37 heavy (non-hydrogen) atoms. The first-order valence-electron chi connectivity index (χ1n) is 10.9. The number of aromatic nitrogens is 2. The molecule has 4 aromatic rings. The average Bonchev–Trinajstić information content (AvgIpc) is 2.94. The number of amides is 2. The predicted molar refractivity (Wildman–Crippen MR) is 134 cm³/mol. The van der Waals surface area contributed by atoms with E-state index in [1.807, 2.05) is 0 Å². The van der Waals surface area contributed by atoms with Gasteiger partial charge in [-0.2, -0.15) is 0 Å². The minimum absolute atomic E-state index is 0.0594. The van der Waals surface area contributed by atoms with Gasteiger partial charge in [0.25, 0.3) is 11.8 Å². The van der Waals surface area contributed by atoms with Crippen molar-refractivity contribution in [2.75, 3.05) is 24.9 Å². The summed E-state index contributed by atoms with van der Waals surface area (Å²) in [4.78, 5) is 46.3. The molecule has 9 nitrogen and oxygen atoms in total. The van der Waals surface area contributed by atoms with Gasteiger partial charge in [0.15, 0.2) is 17.3 Å². The second-order valence-electron chi connectivity index (χ2n) is 7.63. The number of benzene rings is 2. The fourth-order valence-electron chi connectivity index (χ4n) is 3.49. The van der Waals surface area contributed by atoms with Crippen molar-refractivity contribution < 1.29 is 28.2 Å². The van der Waals surface area contributed by atoms with Crippen molar-refractivity contribution in [2.45, 2.75) is 0 Å². The van der Waals surface area contributed by atoms with Crippen LogP contribution in [0.4, 0.5) is 15.8 Å². The molecule has 2 heterocycles. The Morgan fingerprint density at radius 2 is 1.22 bits per heavy atom. The Hall–Kier alpha value is -5.12. The summed E-state index contributed by atoms with van der Waals surface area (Å²) in [5.41, 5.74) is 1.12. The van der Waals surface area contributed by atoms with E-state index in [1.165, 1.54) is 81.5 Å². The van der Waals surface area contributed by atoms with Crippen molar-refractivity contribution in [3.8, 4) is 11.5 Å². The quantitative estimate of drug-likeness (QED) is 0.345. The zero-order valence-electron chi connectivity index (χ0n) is 19.8. The summed E-state index contributed by atoms with van der Waals surface area (Å²) in [7, 11) is 2.63. The van der Waals surface area contributed by atoms with Crippen molar-refractivity contribution in [3.63, 3.8) is 0 Å². The van der Waals surface area contributed by atoms with Crippen LogP contribution < -0.4 is 20.1 Å². The molecule has 0 fully saturated rings. The van der Waals surface area contributed by atoms with Crippen molar-refractivity contribution in [1.29, 1.82) is 0 Å². The van der Waals surface area contributed by atoms with Crippen molar-refractivity contribution in [2.24, 2.45) is 0 Å². The van der Waals surface area contributed by atoms with Crippen LogP contribution in [0, 0.1) is 5.82 Å². The number of halogens is 1. The molecule has 0 aliphatic heterocycles. The molecule has 0 unspecified atom stereocenters. The Balaban J connectivity index is 1.52. The summed E-state index contributed by atoms with van der Waals surface area (Å²) in [6.07, 6.45) is 5.87. The maximum absolute atomic E-state index is 14.8. The summed E-state index contributed by atoms with van der Waals surface area (Å²) < 4.78 is 24.9. The number of methoxy groups -OCH3 is 2. The van der Waals surface area contributed by atoms with E-state index >= 15 is 0 Å². The van der Waals surface area contributed by atoms with Gasteiger partial charge in [0.1, 0.15) is 11.3 Å². The Bertz CT molecular complexity index is 1460. The van der Waals surface area contributed by atoms with Crippen LogP contribution in [0.2, 0.25) is 0 Å². The minimum Gasteiger partial charge on any atom is -0.496 e. The number of ketones is 1. The van der Waals surface area contributed by atoms with Gasteiger partial charge in [-0.1, -0.05) is 12.1 Å². The number of hydrogen-bond donors (Lipinski definition) is 2. The van der Waals surface area contributed by atoms with Crippen LogP contribution in [0.3, 0.4) is 0 Å². The molecule has 4 rings (SSSR count). The van der Waals surface area contributed by atoms with Gasteiger partial charge in [0, 0.05) is 35.3 Å². The van der Waals surface area contributed by atoms with E-state index in [0.717, 1.165) is 0 Å². The zero-order chi connectivity index (χ0) is 26.4.